The third-order valence-electron chi connectivity index (χ3n) is 6.42. The maximum absolute atomic E-state index is 12.1. The monoisotopic (exact) mass is 453 g/mol. The Kier molecular flexibility index (Phi) is 8.18. The zero-order valence-corrected chi connectivity index (χ0v) is 19.5. The number of pyridine rings is 1. The maximum Gasteiger partial charge on any atom is 0.325 e. The molecule has 2 aromatic rings. The number of carboxylic acids is 1. The number of carboxylic acid groups (broad SMARTS) is 1. The zero-order valence-electron chi connectivity index (χ0n) is 19.5. The van der Waals surface area contributed by atoms with Crippen LogP contribution in [0.25, 0.3) is 0 Å². The summed E-state index contributed by atoms with van der Waals surface area (Å²) < 4.78 is 11.8. The fourth-order valence-corrected chi connectivity index (χ4v) is 4.77. The van der Waals surface area contributed by atoms with Crippen molar-refractivity contribution in [2.75, 3.05) is 38.2 Å². The molecule has 7 nitrogen and oxygen atoms in total. The van der Waals surface area contributed by atoms with Crippen molar-refractivity contribution in [2.24, 2.45) is 0 Å². The summed E-state index contributed by atoms with van der Waals surface area (Å²) in [4.78, 5) is 18.9. The van der Waals surface area contributed by atoms with E-state index >= 15 is 0 Å². The molecule has 0 spiro atoms. The maximum atomic E-state index is 12.1. The molecule has 4 rings (SSSR count). The number of unbranched alkanes of at least 4 members (excludes halogenated alkanes) is 1. The SMILES string of the molecule is CCOc1ccccc1C(C(=O)O)N1CC[C@@H](OCCCCc2ccc3c(n2)NCCC3)C1. The average molecular weight is 454 g/mol. The Labute approximate surface area is 196 Å². The van der Waals surface area contributed by atoms with Gasteiger partial charge in [-0.05, 0) is 63.1 Å². The van der Waals surface area contributed by atoms with Gasteiger partial charge in [0.1, 0.15) is 17.6 Å². The van der Waals surface area contributed by atoms with Crippen LogP contribution in [0.1, 0.15) is 55.5 Å². The number of aromatic nitrogens is 1. The van der Waals surface area contributed by atoms with Gasteiger partial charge in [-0.1, -0.05) is 24.3 Å². The van der Waals surface area contributed by atoms with Crippen molar-refractivity contribution in [3.05, 3.63) is 53.2 Å². The van der Waals surface area contributed by atoms with Gasteiger partial charge in [-0.25, -0.2) is 4.98 Å². The van der Waals surface area contributed by atoms with E-state index in [-0.39, 0.29) is 6.10 Å². The van der Waals surface area contributed by atoms with E-state index in [1.54, 1.807) is 0 Å². The summed E-state index contributed by atoms with van der Waals surface area (Å²) in [7, 11) is 0. The number of carbonyl (C=O) groups is 1. The van der Waals surface area contributed by atoms with E-state index in [9.17, 15) is 9.90 Å². The minimum atomic E-state index is -0.852. The molecule has 2 atom stereocenters. The van der Waals surface area contributed by atoms with Gasteiger partial charge in [-0.3, -0.25) is 9.69 Å². The number of rotatable bonds is 11. The third kappa shape index (κ3) is 6.03. The molecule has 0 amide bonds. The summed E-state index contributed by atoms with van der Waals surface area (Å²) >= 11 is 0. The van der Waals surface area contributed by atoms with Crippen LogP contribution < -0.4 is 10.1 Å². The summed E-state index contributed by atoms with van der Waals surface area (Å²) in [5, 5.41) is 13.3. The van der Waals surface area contributed by atoms with Crippen molar-refractivity contribution >= 4 is 11.8 Å². The summed E-state index contributed by atoms with van der Waals surface area (Å²) in [6.45, 7) is 5.44. The van der Waals surface area contributed by atoms with Crippen molar-refractivity contribution in [3.63, 3.8) is 0 Å². The van der Waals surface area contributed by atoms with Crippen LogP contribution in [0.2, 0.25) is 0 Å². The summed E-state index contributed by atoms with van der Waals surface area (Å²) in [6.07, 6.45) is 6.15. The number of nitrogens with one attached hydrogen (secondary N) is 1. The molecule has 178 valence electrons. The second-order valence-electron chi connectivity index (χ2n) is 8.79. The molecular formula is C26H35N3O4. The topological polar surface area (TPSA) is 83.9 Å². The Balaban J connectivity index is 1.23. The lowest BCUT2D eigenvalue weighted by molar-refractivity contribution is -0.143. The first-order valence-corrected chi connectivity index (χ1v) is 12.2. The van der Waals surface area contributed by atoms with Crippen LogP contribution in [0.5, 0.6) is 5.75 Å². The van der Waals surface area contributed by atoms with Crippen LogP contribution in [0.3, 0.4) is 0 Å². The van der Waals surface area contributed by atoms with Crippen LogP contribution in [0, 0.1) is 0 Å². The van der Waals surface area contributed by atoms with E-state index in [2.05, 4.69) is 17.4 Å². The molecule has 2 aliphatic heterocycles. The number of ether oxygens (including phenoxy) is 2. The highest BCUT2D eigenvalue weighted by molar-refractivity contribution is 5.76. The molecule has 7 heteroatoms. The molecule has 2 aliphatic rings. The lowest BCUT2D eigenvalue weighted by Crippen LogP contribution is -2.33. The molecule has 0 bridgehead atoms. The van der Waals surface area contributed by atoms with Gasteiger partial charge in [0.15, 0.2) is 0 Å². The second kappa shape index (κ2) is 11.5. The highest BCUT2D eigenvalue weighted by atomic mass is 16.5. The van der Waals surface area contributed by atoms with Gasteiger partial charge < -0.3 is 19.9 Å². The molecule has 1 aromatic heterocycles. The van der Waals surface area contributed by atoms with E-state index in [1.165, 1.54) is 12.0 Å². The van der Waals surface area contributed by atoms with Crippen LogP contribution in [-0.4, -0.2) is 59.9 Å². The lowest BCUT2D eigenvalue weighted by Gasteiger charge is -2.26. The van der Waals surface area contributed by atoms with Crippen molar-refractivity contribution in [1.82, 2.24) is 9.88 Å². The number of anilines is 1. The third-order valence-corrected chi connectivity index (χ3v) is 6.42. The number of para-hydroxylation sites is 1. The molecule has 1 fully saturated rings. The zero-order chi connectivity index (χ0) is 23.0. The molecule has 3 heterocycles. The Morgan fingerprint density at radius 3 is 3.00 bits per heavy atom. The Bertz CT molecular complexity index is 936. The molecular weight excluding hydrogens is 418 g/mol. The normalized spacial score (nSPS) is 19.0. The highest BCUT2D eigenvalue weighted by Gasteiger charge is 2.35. The van der Waals surface area contributed by atoms with Gasteiger partial charge in [-0.15, -0.1) is 0 Å². The van der Waals surface area contributed by atoms with Gasteiger partial charge in [0.05, 0.1) is 12.7 Å². The van der Waals surface area contributed by atoms with Gasteiger partial charge in [0, 0.05) is 37.5 Å². The van der Waals surface area contributed by atoms with Gasteiger partial charge in [0.2, 0.25) is 0 Å². The predicted octanol–water partition coefficient (Wildman–Crippen LogP) is 4.08. The van der Waals surface area contributed by atoms with E-state index in [4.69, 9.17) is 14.5 Å². The smallest absolute Gasteiger partial charge is 0.325 e. The van der Waals surface area contributed by atoms with E-state index in [0.717, 1.165) is 50.2 Å². The number of fused-ring (bicyclic) bond motifs is 1. The number of aliphatic carboxylic acids is 1. The van der Waals surface area contributed by atoms with Gasteiger partial charge in [-0.2, -0.15) is 0 Å². The first-order valence-electron chi connectivity index (χ1n) is 12.2. The molecule has 1 saturated heterocycles. The fourth-order valence-electron chi connectivity index (χ4n) is 4.77. The van der Waals surface area contributed by atoms with Crippen molar-refractivity contribution in [2.45, 2.75) is 57.6 Å². The summed E-state index contributed by atoms with van der Waals surface area (Å²) in [5.41, 5.74) is 3.16. The van der Waals surface area contributed by atoms with Crippen LogP contribution in [-0.2, 0) is 22.4 Å². The quantitative estimate of drug-likeness (QED) is 0.496. The van der Waals surface area contributed by atoms with E-state index in [0.29, 0.717) is 37.6 Å². The number of nitrogens with zero attached hydrogens (tertiary/aromatic N) is 2. The molecule has 0 saturated carbocycles. The minimum Gasteiger partial charge on any atom is -0.494 e. The van der Waals surface area contributed by atoms with Crippen LogP contribution >= 0.6 is 0 Å². The first-order chi connectivity index (χ1) is 16.2. The molecule has 2 N–H and O–H groups in total. The van der Waals surface area contributed by atoms with Gasteiger partial charge >= 0.3 is 5.97 Å². The number of benzene rings is 1. The minimum absolute atomic E-state index is 0.0668. The Hall–Kier alpha value is -2.64. The predicted molar refractivity (Wildman–Crippen MR) is 128 cm³/mol. The number of hydrogen-bond donors (Lipinski definition) is 2. The van der Waals surface area contributed by atoms with Crippen molar-refractivity contribution in [3.8, 4) is 5.75 Å². The average Bonchev–Trinajstić information content (AvgIpc) is 3.28. The Morgan fingerprint density at radius 2 is 2.15 bits per heavy atom. The molecule has 1 unspecified atom stereocenters. The standard InChI is InChI=1S/C26H35N3O4/c1-2-32-23-11-4-3-10-22(23)24(26(30)31)29-16-14-21(18-29)33-17-6-5-9-20-13-12-19-8-7-15-27-25(19)28-20/h3-4,10-13,21,24H,2,5-9,14-18H2,1H3,(H,27,28)(H,30,31)/t21-,24?/m1/s1. The Morgan fingerprint density at radius 1 is 1.27 bits per heavy atom. The van der Waals surface area contributed by atoms with Crippen LogP contribution in [0.15, 0.2) is 36.4 Å². The van der Waals surface area contributed by atoms with Crippen molar-refractivity contribution in [1.29, 1.82) is 0 Å². The molecule has 0 aliphatic carbocycles. The number of hydrogen-bond acceptors (Lipinski definition) is 6. The summed E-state index contributed by atoms with van der Waals surface area (Å²) in [6, 6.07) is 11.1. The van der Waals surface area contributed by atoms with E-state index < -0.39 is 12.0 Å². The number of likely N-dealkylation sites (tertiary alicyclic amines) is 1. The molecule has 1 aromatic carbocycles. The van der Waals surface area contributed by atoms with Gasteiger partial charge in [0.25, 0.3) is 0 Å². The van der Waals surface area contributed by atoms with Crippen LogP contribution in [0.4, 0.5) is 5.82 Å². The summed E-state index contributed by atoms with van der Waals surface area (Å²) in [5.74, 6) is 0.845. The fraction of sp³-hybridized carbons (Fsp3) is 0.538. The van der Waals surface area contributed by atoms with E-state index in [1.807, 2.05) is 36.1 Å². The lowest BCUT2D eigenvalue weighted by atomic mass is 10.0. The van der Waals surface area contributed by atoms with Crippen molar-refractivity contribution < 1.29 is 19.4 Å². The molecule has 33 heavy (non-hydrogen) atoms. The first kappa shape index (κ1) is 23.5. The molecule has 0 radical (unpaired) electrons. The largest absolute Gasteiger partial charge is 0.494 e. The second-order valence-corrected chi connectivity index (χ2v) is 8.79. The highest BCUT2D eigenvalue weighted by Crippen LogP contribution is 2.32. The number of aryl methyl sites for hydroxylation is 2.